The summed E-state index contributed by atoms with van der Waals surface area (Å²) >= 11 is 0. The lowest BCUT2D eigenvalue weighted by molar-refractivity contribution is -0.467. The van der Waals surface area contributed by atoms with E-state index in [9.17, 15) is 4.79 Å². The summed E-state index contributed by atoms with van der Waals surface area (Å²) in [7, 11) is 0. The summed E-state index contributed by atoms with van der Waals surface area (Å²) in [6.07, 6.45) is 13.9. The maximum atomic E-state index is 12.4. The monoisotopic (exact) mass is 401 g/mol. The smallest absolute Gasteiger partial charge is 0.257 e. The molecule has 1 unspecified atom stereocenters. The molecule has 1 atom stereocenters. The number of benzene rings is 1. The van der Waals surface area contributed by atoms with Gasteiger partial charge in [0.25, 0.3) is 5.91 Å². The van der Waals surface area contributed by atoms with Crippen LogP contribution in [0.4, 0.5) is 5.69 Å². The van der Waals surface area contributed by atoms with Gasteiger partial charge in [0, 0.05) is 24.0 Å². The first-order chi connectivity index (χ1) is 14.6. The highest BCUT2D eigenvalue weighted by Gasteiger charge is 2.28. The molecule has 154 valence electrons. The third-order valence-electron chi connectivity index (χ3n) is 5.17. The van der Waals surface area contributed by atoms with Gasteiger partial charge in [0.1, 0.15) is 0 Å². The summed E-state index contributed by atoms with van der Waals surface area (Å²) in [5.74, 6) is 0.720. The highest BCUT2D eigenvalue weighted by molar-refractivity contribution is 6.04. The van der Waals surface area contributed by atoms with Crippen LogP contribution in [0.25, 0.3) is 5.32 Å². The van der Waals surface area contributed by atoms with Crippen molar-refractivity contribution < 1.29 is 9.37 Å². The van der Waals surface area contributed by atoms with Gasteiger partial charge in [-0.1, -0.05) is 30.7 Å². The van der Waals surface area contributed by atoms with Gasteiger partial charge in [0.2, 0.25) is 0 Å². The minimum absolute atomic E-state index is 0.0220. The molecule has 30 heavy (non-hydrogen) atoms. The molecule has 1 aliphatic heterocycles. The molecule has 2 heterocycles. The van der Waals surface area contributed by atoms with E-state index in [1.165, 1.54) is 12.8 Å². The minimum Gasteiger partial charge on any atom is -0.683 e. The summed E-state index contributed by atoms with van der Waals surface area (Å²) in [5, 5.41) is 10.7. The quantitative estimate of drug-likeness (QED) is 0.608. The van der Waals surface area contributed by atoms with Crippen molar-refractivity contribution in [2.75, 3.05) is 11.9 Å². The number of pyridine rings is 1. The Balaban J connectivity index is 1.26. The van der Waals surface area contributed by atoms with E-state index < -0.39 is 0 Å². The van der Waals surface area contributed by atoms with Crippen LogP contribution in [0, 0.1) is 12.8 Å². The molecule has 0 spiro atoms. The van der Waals surface area contributed by atoms with E-state index >= 15 is 0 Å². The van der Waals surface area contributed by atoms with Gasteiger partial charge in [-0.2, -0.15) is 6.20 Å². The van der Waals surface area contributed by atoms with Crippen molar-refractivity contribution in [3.8, 4) is 0 Å². The van der Waals surface area contributed by atoms with Gasteiger partial charge in [0.15, 0.2) is 24.7 Å². The first-order valence-electron chi connectivity index (χ1n) is 10.3. The number of hydrogen-bond donors (Lipinski definition) is 2. The molecule has 0 saturated heterocycles. The number of rotatable bonds is 9. The van der Waals surface area contributed by atoms with Crippen LogP contribution in [-0.2, 0) is 0 Å². The average molecular weight is 402 g/mol. The molecule has 1 fully saturated rings. The normalized spacial score (nSPS) is 16.3. The van der Waals surface area contributed by atoms with Gasteiger partial charge < -0.3 is 16.0 Å². The Morgan fingerprint density at radius 1 is 1.33 bits per heavy atom. The molecule has 4 rings (SSSR count). The number of nitrogens with one attached hydrogen (secondary N) is 2. The number of aromatic nitrogens is 1. The van der Waals surface area contributed by atoms with E-state index in [0.29, 0.717) is 5.56 Å². The van der Waals surface area contributed by atoms with E-state index in [2.05, 4.69) is 37.9 Å². The summed E-state index contributed by atoms with van der Waals surface area (Å²) < 4.78 is 2.24. The van der Waals surface area contributed by atoms with Gasteiger partial charge in [-0.3, -0.25) is 9.78 Å². The number of amides is 1. The number of nitrogens with zero attached hydrogens (tertiary/aromatic N) is 3. The second-order valence-electron chi connectivity index (χ2n) is 7.97. The van der Waals surface area contributed by atoms with Crippen molar-refractivity contribution in [3.63, 3.8) is 0 Å². The van der Waals surface area contributed by atoms with Crippen LogP contribution in [-0.4, -0.2) is 28.2 Å². The van der Waals surface area contributed by atoms with Crippen molar-refractivity contribution in [2.24, 2.45) is 5.92 Å². The zero-order chi connectivity index (χ0) is 20.9. The molecule has 1 aromatic carbocycles. The number of aryl methyl sites for hydroxylation is 1. The number of anilines is 1. The van der Waals surface area contributed by atoms with E-state index in [-0.39, 0.29) is 11.9 Å². The molecule has 2 aromatic rings. The fourth-order valence-corrected chi connectivity index (χ4v) is 3.27. The first kappa shape index (κ1) is 19.9. The molecule has 2 aliphatic rings. The lowest BCUT2D eigenvalue weighted by Gasteiger charge is -2.26. The predicted octanol–water partition coefficient (Wildman–Crippen LogP) is 4.49. The van der Waals surface area contributed by atoms with Gasteiger partial charge in [-0.25, -0.2) is 4.58 Å². The highest BCUT2D eigenvalue weighted by Crippen LogP contribution is 2.29. The third kappa shape index (κ3) is 5.35. The molecule has 6 heteroatoms. The van der Waals surface area contributed by atoms with Gasteiger partial charge >= 0.3 is 0 Å². The zero-order valence-electron chi connectivity index (χ0n) is 17.4. The summed E-state index contributed by atoms with van der Waals surface area (Å²) in [4.78, 5) is 16.5. The molecule has 1 amide bonds. The maximum absolute atomic E-state index is 12.4. The van der Waals surface area contributed by atoms with Crippen LogP contribution in [0.5, 0.6) is 0 Å². The molecule has 2 N–H and O–H groups in total. The summed E-state index contributed by atoms with van der Waals surface area (Å²) in [6, 6.07) is 9.57. The van der Waals surface area contributed by atoms with E-state index in [1.54, 1.807) is 18.6 Å². The Bertz CT molecular complexity index is 1020. The fourth-order valence-electron chi connectivity index (χ4n) is 3.27. The molecular weight excluding hydrogens is 374 g/mol. The second-order valence-corrected chi connectivity index (χ2v) is 7.97. The molecule has 1 aliphatic carbocycles. The maximum Gasteiger partial charge on any atom is 0.257 e. The molecule has 0 bridgehead atoms. The molecule has 6 nitrogen and oxygen atoms in total. The minimum atomic E-state index is -0.169. The lowest BCUT2D eigenvalue weighted by Crippen LogP contribution is -2.25. The first-order valence-corrected chi connectivity index (χ1v) is 10.3. The van der Waals surface area contributed by atoms with Gasteiger partial charge in [-0.05, 0) is 49.7 Å². The van der Waals surface area contributed by atoms with Crippen molar-refractivity contribution in [1.29, 1.82) is 0 Å². The Morgan fingerprint density at radius 3 is 2.93 bits per heavy atom. The lowest BCUT2D eigenvalue weighted by atomic mass is 10.1. The standard InChI is InChI=1S/C24H27N5O/c1-17-10-21(13-25-12-17)24(30)28-22-5-3-4-20(11-22)18(2)26-8-9-27-23-15-29(16-23)14-19-6-7-19/h3-5,8-13,15-16,18-19,27H,6-7,14H2,1-2H3,(H,28,30). The van der Waals surface area contributed by atoms with Crippen LogP contribution in [0.1, 0.15) is 47.3 Å². The predicted molar refractivity (Wildman–Crippen MR) is 119 cm³/mol. The van der Waals surface area contributed by atoms with Crippen LogP contribution in [0.15, 0.2) is 67.0 Å². The Hall–Kier alpha value is -3.41. The molecule has 0 radical (unpaired) electrons. The fraction of sp³-hybridized carbons (Fsp3) is 0.292. The molecular formula is C24H27N5O. The van der Waals surface area contributed by atoms with Crippen molar-refractivity contribution in [1.82, 2.24) is 10.3 Å². The number of hydrogen-bond acceptors (Lipinski definition) is 3. The summed E-state index contributed by atoms with van der Waals surface area (Å²) in [5.41, 5.74) is 4.38. The number of carbonyl (C=O) groups is 1. The van der Waals surface area contributed by atoms with Crippen molar-refractivity contribution in [2.45, 2.75) is 32.7 Å². The van der Waals surface area contributed by atoms with Crippen molar-refractivity contribution >= 4 is 17.8 Å². The van der Waals surface area contributed by atoms with E-state index in [1.807, 2.05) is 50.4 Å². The third-order valence-corrected chi connectivity index (χ3v) is 5.17. The summed E-state index contributed by atoms with van der Waals surface area (Å²) in [6.45, 7) is 5.09. The average Bonchev–Trinajstić information content (AvgIpc) is 3.53. The van der Waals surface area contributed by atoms with Crippen molar-refractivity contribution in [3.05, 3.63) is 89.0 Å². The SMILES string of the molecule is Cc1cncc(C(=O)Nc2cccc(C(C)[N-]C=CNC3=C[N+](CC4CC4)=C3)c2)c1. The van der Waals surface area contributed by atoms with E-state index in [4.69, 9.17) is 0 Å². The second kappa shape index (κ2) is 8.95. The van der Waals surface area contributed by atoms with Crippen LogP contribution in [0.2, 0.25) is 0 Å². The Kier molecular flexibility index (Phi) is 5.93. The largest absolute Gasteiger partial charge is 0.683 e. The van der Waals surface area contributed by atoms with Gasteiger partial charge in [-0.15, -0.1) is 0 Å². The van der Waals surface area contributed by atoms with Crippen LogP contribution in [0.3, 0.4) is 0 Å². The highest BCUT2D eigenvalue weighted by atomic mass is 16.1. The molecule has 1 aromatic heterocycles. The van der Waals surface area contributed by atoms with E-state index in [0.717, 1.165) is 35.0 Å². The topological polar surface area (TPSA) is 71.1 Å². The number of carbonyl (C=O) groups excluding carboxylic acids is 1. The number of allylic oxidation sites excluding steroid dienone is 1. The Morgan fingerprint density at radius 2 is 2.17 bits per heavy atom. The van der Waals surface area contributed by atoms with Crippen LogP contribution < -0.4 is 10.6 Å². The molecule has 1 saturated carbocycles. The van der Waals surface area contributed by atoms with Crippen LogP contribution >= 0.6 is 0 Å². The Labute approximate surface area is 177 Å². The van der Waals surface area contributed by atoms with Gasteiger partial charge in [0.05, 0.1) is 5.56 Å². The zero-order valence-corrected chi connectivity index (χ0v) is 17.4.